The zero-order chi connectivity index (χ0) is 14.8. The lowest BCUT2D eigenvalue weighted by molar-refractivity contribution is -0.123. The van der Waals surface area contributed by atoms with Gasteiger partial charge in [0.2, 0.25) is 5.91 Å². The predicted octanol–water partition coefficient (Wildman–Crippen LogP) is 2.21. The van der Waals surface area contributed by atoms with Gasteiger partial charge in [0, 0.05) is 35.4 Å². The number of rotatable bonds is 4. The van der Waals surface area contributed by atoms with Gasteiger partial charge in [0.05, 0.1) is 11.2 Å². The molecule has 2 heterocycles. The second kappa shape index (κ2) is 6.45. The van der Waals surface area contributed by atoms with Crippen LogP contribution >= 0.6 is 23.1 Å². The molecule has 1 aromatic heterocycles. The van der Waals surface area contributed by atoms with Crippen LogP contribution in [0.15, 0.2) is 0 Å². The van der Waals surface area contributed by atoms with E-state index in [4.69, 9.17) is 0 Å². The minimum absolute atomic E-state index is 0.0977. The quantitative estimate of drug-likeness (QED) is 0.895. The molecule has 1 saturated heterocycles. The minimum atomic E-state index is -0.400. The Morgan fingerprint density at radius 3 is 2.80 bits per heavy atom. The Bertz CT molecular complexity index is 459. The van der Waals surface area contributed by atoms with Gasteiger partial charge in [-0.1, -0.05) is 0 Å². The van der Waals surface area contributed by atoms with E-state index in [1.807, 2.05) is 32.5 Å². The summed E-state index contributed by atoms with van der Waals surface area (Å²) in [4.78, 5) is 18.0. The van der Waals surface area contributed by atoms with E-state index >= 15 is 0 Å². The molecule has 0 radical (unpaired) electrons. The van der Waals surface area contributed by atoms with E-state index in [0.717, 1.165) is 28.8 Å². The van der Waals surface area contributed by atoms with Gasteiger partial charge in [0.1, 0.15) is 5.01 Å². The average molecular weight is 313 g/mol. The van der Waals surface area contributed by atoms with Crippen molar-refractivity contribution >= 4 is 29.0 Å². The number of thioether (sulfide) groups is 1. The molecule has 2 N–H and O–H groups in total. The van der Waals surface area contributed by atoms with Crippen molar-refractivity contribution in [3.05, 3.63) is 15.6 Å². The van der Waals surface area contributed by atoms with Crippen molar-refractivity contribution in [2.45, 2.75) is 45.7 Å². The topological polar surface area (TPSA) is 54.0 Å². The summed E-state index contributed by atoms with van der Waals surface area (Å²) in [6.45, 7) is 9.11. The average Bonchev–Trinajstić information content (AvgIpc) is 2.71. The van der Waals surface area contributed by atoms with Crippen molar-refractivity contribution in [3.8, 4) is 0 Å². The number of nitrogens with zero attached hydrogens (tertiary/aromatic N) is 1. The molecule has 0 bridgehead atoms. The zero-order valence-electron chi connectivity index (χ0n) is 12.6. The monoisotopic (exact) mass is 313 g/mol. The summed E-state index contributed by atoms with van der Waals surface area (Å²) in [6, 6.07) is 0.296. The molecular formula is C14H23N3OS2. The van der Waals surface area contributed by atoms with E-state index in [1.54, 1.807) is 11.3 Å². The molecule has 112 valence electrons. The second-order valence-corrected chi connectivity index (χ2v) is 8.12. The maximum absolute atomic E-state index is 12.2. The lowest BCUT2D eigenvalue weighted by Gasteiger charge is -2.27. The maximum Gasteiger partial charge on any atom is 0.222 e. The second-order valence-electron chi connectivity index (χ2n) is 5.76. The van der Waals surface area contributed by atoms with Crippen LogP contribution < -0.4 is 10.6 Å². The number of carbonyl (C=O) groups is 1. The summed E-state index contributed by atoms with van der Waals surface area (Å²) in [5, 5.41) is 7.49. The van der Waals surface area contributed by atoms with Crippen LogP contribution in [0.25, 0.3) is 0 Å². The van der Waals surface area contributed by atoms with E-state index < -0.39 is 5.54 Å². The Labute approximate surface area is 129 Å². The molecule has 1 unspecified atom stereocenters. The summed E-state index contributed by atoms with van der Waals surface area (Å²) in [7, 11) is 0. The largest absolute Gasteiger partial charge is 0.345 e. The standard InChI is InChI=1S/C14H23N3OS2/c1-9-10(2)20-13(16-9)14(3,4)17-12(18)7-11-8-19-6-5-15-11/h11,15H,5-8H2,1-4H3,(H,17,18). The first kappa shape index (κ1) is 15.8. The van der Waals surface area contributed by atoms with Gasteiger partial charge in [0.25, 0.3) is 0 Å². The van der Waals surface area contributed by atoms with Crippen molar-refractivity contribution in [1.82, 2.24) is 15.6 Å². The van der Waals surface area contributed by atoms with Gasteiger partial charge < -0.3 is 10.6 Å². The summed E-state index contributed by atoms with van der Waals surface area (Å²) < 4.78 is 0. The SMILES string of the molecule is Cc1nc(C(C)(C)NC(=O)CC2CSCCN2)sc1C. The Morgan fingerprint density at radius 1 is 1.50 bits per heavy atom. The number of amides is 1. The predicted molar refractivity (Wildman–Crippen MR) is 86.5 cm³/mol. The highest BCUT2D eigenvalue weighted by Gasteiger charge is 2.28. The van der Waals surface area contributed by atoms with E-state index in [9.17, 15) is 4.79 Å². The highest BCUT2D eigenvalue weighted by atomic mass is 32.2. The van der Waals surface area contributed by atoms with Crippen molar-refractivity contribution < 1.29 is 4.79 Å². The van der Waals surface area contributed by atoms with Crippen LogP contribution in [-0.2, 0) is 10.3 Å². The van der Waals surface area contributed by atoms with Crippen molar-refractivity contribution in [1.29, 1.82) is 0 Å². The number of hydrogen-bond donors (Lipinski definition) is 2. The Balaban J connectivity index is 1.94. The fourth-order valence-electron chi connectivity index (χ4n) is 2.17. The van der Waals surface area contributed by atoms with E-state index in [1.165, 1.54) is 4.88 Å². The van der Waals surface area contributed by atoms with Crippen LogP contribution in [0.3, 0.4) is 0 Å². The summed E-state index contributed by atoms with van der Waals surface area (Å²) in [5.74, 6) is 2.26. The molecule has 0 aliphatic carbocycles. The first-order valence-electron chi connectivity index (χ1n) is 6.95. The number of hydrogen-bond acceptors (Lipinski definition) is 5. The molecule has 0 saturated carbocycles. The third-order valence-corrected chi connectivity index (χ3v) is 5.97. The van der Waals surface area contributed by atoms with Crippen molar-refractivity contribution in [2.75, 3.05) is 18.1 Å². The third-order valence-electron chi connectivity index (χ3n) is 3.45. The van der Waals surface area contributed by atoms with Gasteiger partial charge in [-0.2, -0.15) is 11.8 Å². The molecule has 1 aromatic rings. The van der Waals surface area contributed by atoms with Crippen molar-refractivity contribution in [2.24, 2.45) is 0 Å². The molecule has 0 aromatic carbocycles. The van der Waals surface area contributed by atoms with E-state index in [2.05, 4.69) is 22.5 Å². The number of thiazole rings is 1. The molecule has 1 atom stereocenters. The molecule has 1 fully saturated rings. The maximum atomic E-state index is 12.2. The first-order chi connectivity index (χ1) is 9.38. The van der Waals surface area contributed by atoms with Crippen LogP contribution in [-0.4, -0.2) is 35.0 Å². The summed E-state index contributed by atoms with van der Waals surface area (Å²) >= 11 is 3.58. The van der Waals surface area contributed by atoms with Gasteiger partial charge in [-0.05, 0) is 27.7 Å². The van der Waals surface area contributed by atoms with Gasteiger partial charge in [-0.25, -0.2) is 4.98 Å². The van der Waals surface area contributed by atoms with Gasteiger partial charge in [-0.3, -0.25) is 4.79 Å². The highest BCUT2D eigenvalue weighted by molar-refractivity contribution is 7.99. The lowest BCUT2D eigenvalue weighted by atomic mass is 10.1. The normalized spacial score (nSPS) is 19.9. The molecule has 6 heteroatoms. The zero-order valence-corrected chi connectivity index (χ0v) is 14.2. The smallest absolute Gasteiger partial charge is 0.222 e. The first-order valence-corrected chi connectivity index (χ1v) is 8.92. The molecule has 0 spiro atoms. The van der Waals surface area contributed by atoms with Crippen LogP contribution in [0.5, 0.6) is 0 Å². The Hall–Kier alpha value is -0.590. The van der Waals surface area contributed by atoms with Crippen molar-refractivity contribution in [3.63, 3.8) is 0 Å². The summed E-state index contributed by atoms with van der Waals surface area (Å²) in [5.41, 5.74) is 0.653. The highest BCUT2D eigenvalue weighted by Crippen LogP contribution is 2.27. The van der Waals surface area contributed by atoms with Crippen LogP contribution in [0.1, 0.15) is 35.8 Å². The lowest BCUT2D eigenvalue weighted by Crippen LogP contribution is -2.46. The Kier molecular flexibility index (Phi) is 5.09. The van der Waals surface area contributed by atoms with E-state index in [0.29, 0.717) is 12.5 Å². The van der Waals surface area contributed by atoms with Gasteiger partial charge in [0.15, 0.2) is 0 Å². The summed E-state index contributed by atoms with van der Waals surface area (Å²) in [6.07, 6.45) is 0.541. The molecule has 2 rings (SSSR count). The van der Waals surface area contributed by atoms with Gasteiger partial charge in [-0.15, -0.1) is 11.3 Å². The van der Waals surface area contributed by atoms with E-state index in [-0.39, 0.29) is 5.91 Å². The van der Waals surface area contributed by atoms with Crippen LogP contribution in [0.2, 0.25) is 0 Å². The molecule has 1 amide bonds. The number of carbonyl (C=O) groups excluding carboxylic acids is 1. The number of aryl methyl sites for hydroxylation is 2. The van der Waals surface area contributed by atoms with Gasteiger partial charge >= 0.3 is 0 Å². The molecule has 1 aliphatic heterocycles. The minimum Gasteiger partial charge on any atom is -0.345 e. The molecular weight excluding hydrogens is 290 g/mol. The fourth-order valence-corrected chi connectivity index (χ4v) is 4.09. The molecule has 1 aliphatic rings. The Morgan fingerprint density at radius 2 is 2.25 bits per heavy atom. The van der Waals surface area contributed by atoms with Crippen LogP contribution in [0.4, 0.5) is 0 Å². The molecule has 4 nitrogen and oxygen atoms in total. The number of aromatic nitrogens is 1. The third kappa shape index (κ3) is 3.96. The fraction of sp³-hybridized carbons (Fsp3) is 0.714. The number of nitrogens with one attached hydrogen (secondary N) is 2. The van der Waals surface area contributed by atoms with Crippen LogP contribution in [0, 0.1) is 13.8 Å². The molecule has 20 heavy (non-hydrogen) atoms.